The number of anilines is 1. The third-order valence-electron chi connectivity index (χ3n) is 3.80. The maximum absolute atomic E-state index is 12.4. The minimum absolute atomic E-state index is 0.0959. The second-order valence-electron chi connectivity index (χ2n) is 5.56. The van der Waals surface area contributed by atoms with E-state index < -0.39 is 0 Å². The largest absolute Gasteiger partial charge is 0.398 e. The fourth-order valence-corrected chi connectivity index (χ4v) is 2.46. The van der Waals surface area contributed by atoms with Crippen LogP contribution in [0.5, 0.6) is 0 Å². The van der Waals surface area contributed by atoms with Gasteiger partial charge in [-0.05, 0) is 37.6 Å². The van der Waals surface area contributed by atoms with Crippen molar-refractivity contribution in [2.75, 3.05) is 39.1 Å². The fraction of sp³-hybridized carbons (Fsp3) is 0.562. The van der Waals surface area contributed by atoms with Crippen molar-refractivity contribution in [1.82, 2.24) is 16.0 Å². The first-order valence-electron chi connectivity index (χ1n) is 7.83. The molecular formula is C16H26N4O2. The molecule has 6 heteroatoms. The zero-order valence-corrected chi connectivity index (χ0v) is 13.2. The van der Waals surface area contributed by atoms with E-state index >= 15 is 0 Å². The number of amides is 1. The lowest BCUT2D eigenvalue weighted by molar-refractivity contribution is 0.0697. The summed E-state index contributed by atoms with van der Waals surface area (Å²) in [6.07, 6.45) is 1.72. The third kappa shape index (κ3) is 4.98. The number of rotatable bonds is 7. The number of hydrogen-bond donors (Lipinski definition) is 4. The van der Waals surface area contributed by atoms with Crippen molar-refractivity contribution >= 4 is 11.6 Å². The lowest BCUT2D eigenvalue weighted by Crippen LogP contribution is -2.39. The van der Waals surface area contributed by atoms with Crippen LogP contribution in [-0.4, -0.2) is 45.3 Å². The number of benzene rings is 1. The molecule has 1 aromatic carbocycles. The van der Waals surface area contributed by atoms with Crippen molar-refractivity contribution in [3.63, 3.8) is 0 Å². The minimum Gasteiger partial charge on any atom is -0.398 e. The van der Waals surface area contributed by atoms with Gasteiger partial charge in [-0.1, -0.05) is 6.07 Å². The van der Waals surface area contributed by atoms with E-state index in [1.807, 2.05) is 19.2 Å². The number of hydrogen-bond acceptors (Lipinski definition) is 5. The molecule has 6 nitrogen and oxygen atoms in total. The van der Waals surface area contributed by atoms with Crippen molar-refractivity contribution in [2.24, 2.45) is 0 Å². The summed E-state index contributed by atoms with van der Waals surface area (Å²) in [5, 5.41) is 9.45. The Morgan fingerprint density at radius 2 is 2.09 bits per heavy atom. The first kappa shape index (κ1) is 16.7. The van der Waals surface area contributed by atoms with Crippen LogP contribution in [0.4, 0.5) is 5.69 Å². The Kier molecular flexibility index (Phi) is 6.64. The van der Waals surface area contributed by atoms with Gasteiger partial charge in [-0.15, -0.1) is 0 Å². The van der Waals surface area contributed by atoms with Crippen molar-refractivity contribution in [3.8, 4) is 0 Å². The summed E-state index contributed by atoms with van der Waals surface area (Å²) in [6, 6.07) is 5.80. The van der Waals surface area contributed by atoms with Crippen LogP contribution in [0.3, 0.4) is 0 Å². The zero-order valence-electron chi connectivity index (χ0n) is 13.2. The summed E-state index contributed by atoms with van der Waals surface area (Å²) < 4.78 is 5.30. The van der Waals surface area contributed by atoms with Crippen LogP contribution >= 0.6 is 0 Å². The van der Waals surface area contributed by atoms with E-state index in [2.05, 4.69) is 16.0 Å². The maximum atomic E-state index is 12.4. The smallest absolute Gasteiger partial charge is 0.253 e. The lowest BCUT2D eigenvalue weighted by atomic mass is 10.1. The average Bonchev–Trinajstić information content (AvgIpc) is 2.54. The minimum atomic E-state index is -0.0959. The number of ether oxygens (including phenoxy) is 1. The number of carbonyl (C=O) groups excluding carboxylic acids is 1. The van der Waals surface area contributed by atoms with Crippen molar-refractivity contribution in [1.29, 1.82) is 0 Å². The molecule has 1 fully saturated rings. The number of nitrogens with two attached hydrogens (primary N) is 1. The Bertz CT molecular complexity index is 487. The SMILES string of the molecule is CNCCNCc1ccc(N)c(C(=O)NC2CCOCC2)c1. The van der Waals surface area contributed by atoms with Gasteiger partial charge in [0.2, 0.25) is 0 Å². The summed E-state index contributed by atoms with van der Waals surface area (Å²) in [5.74, 6) is -0.0959. The molecule has 22 heavy (non-hydrogen) atoms. The van der Waals surface area contributed by atoms with Gasteiger partial charge >= 0.3 is 0 Å². The Morgan fingerprint density at radius 1 is 1.32 bits per heavy atom. The van der Waals surface area contributed by atoms with E-state index in [0.717, 1.165) is 38.0 Å². The van der Waals surface area contributed by atoms with Gasteiger partial charge in [0.1, 0.15) is 0 Å². The molecule has 0 saturated carbocycles. The topological polar surface area (TPSA) is 88.4 Å². The quantitative estimate of drug-likeness (QED) is 0.435. The van der Waals surface area contributed by atoms with Crippen LogP contribution in [0.1, 0.15) is 28.8 Å². The Labute approximate surface area is 131 Å². The third-order valence-corrected chi connectivity index (χ3v) is 3.80. The van der Waals surface area contributed by atoms with Gasteiger partial charge < -0.3 is 26.4 Å². The van der Waals surface area contributed by atoms with E-state index in [4.69, 9.17) is 10.5 Å². The van der Waals surface area contributed by atoms with Crippen LogP contribution in [0.2, 0.25) is 0 Å². The summed E-state index contributed by atoms with van der Waals surface area (Å²) in [5.41, 5.74) is 8.09. The van der Waals surface area contributed by atoms with E-state index in [9.17, 15) is 4.79 Å². The summed E-state index contributed by atoms with van der Waals surface area (Å²) in [6.45, 7) is 3.92. The van der Waals surface area contributed by atoms with E-state index in [0.29, 0.717) is 24.5 Å². The predicted molar refractivity (Wildman–Crippen MR) is 87.8 cm³/mol. The molecule has 5 N–H and O–H groups in total. The van der Waals surface area contributed by atoms with E-state index in [1.54, 1.807) is 6.07 Å². The Morgan fingerprint density at radius 3 is 2.82 bits per heavy atom. The molecule has 1 aliphatic heterocycles. The van der Waals surface area contributed by atoms with Crippen LogP contribution in [-0.2, 0) is 11.3 Å². The number of carbonyl (C=O) groups is 1. The molecule has 122 valence electrons. The first-order valence-corrected chi connectivity index (χ1v) is 7.83. The molecule has 1 aliphatic rings. The molecule has 0 radical (unpaired) electrons. The number of nitrogens with one attached hydrogen (secondary N) is 3. The first-order chi connectivity index (χ1) is 10.7. The fourth-order valence-electron chi connectivity index (χ4n) is 2.46. The highest BCUT2D eigenvalue weighted by Crippen LogP contribution is 2.16. The normalized spacial score (nSPS) is 15.7. The molecule has 0 unspecified atom stereocenters. The standard InChI is InChI=1S/C16H26N4O2/c1-18-6-7-19-11-12-2-3-15(17)14(10-12)16(21)20-13-4-8-22-9-5-13/h2-3,10,13,18-19H,4-9,11,17H2,1H3,(H,20,21). The van der Waals surface area contributed by atoms with E-state index in [1.165, 1.54) is 0 Å². The van der Waals surface area contributed by atoms with E-state index in [-0.39, 0.29) is 11.9 Å². The Balaban J connectivity index is 1.94. The van der Waals surface area contributed by atoms with Gasteiger partial charge in [0.05, 0.1) is 5.56 Å². The lowest BCUT2D eigenvalue weighted by Gasteiger charge is -2.23. The zero-order chi connectivity index (χ0) is 15.8. The van der Waals surface area contributed by atoms with Gasteiger partial charge in [-0.3, -0.25) is 4.79 Å². The molecule has 0 spiro atoms. The van der Waals surface area contributed by atoms with Crippen LogP contribution < -0.4 is 21.7 Å². The second kappa shape index (κ2) is 8.73. The van der Waals surface area contributed by atoms with Gasteiger partial charge in [0, 0.05) is 44.6 Å². The molecule has 0 atom stereocenters. The van der Waals surface area contributed by atoms with Gasteiger partial charge in [0.15, 0.2) is 0 Å². The van der Waals surface area contributed by atoms with Crippen LogP contribution in [0.25, 0.3) is 0 Å². The molecule has 2 rings (SSSR count). The molecule has 0 aromatic heterocycles. The molecule has 1 heterocycles. The highest BCUT2D eigenvalue weighted by Gasteiger charge is 2.18. The van der Waals surface area contributed by atoms with Crippen molar-refractivity contribution in [3.05, 3.63) is 29.3 Å². The van der Waals surface area contributed by atoms with Crippen molar-refractivity contribution < 1.29 is 9.53 Å². The molecule has 1 amide bonds. The van der Waals surface area contributed by atoms with Gasteiger partial charge in [-0.2, -0.15) is 0 Å². The van der Waals surface area contributed by atoms with Gasteiger partial charge in [0.25, 0.3) is 5.91 Å². The number of nitrogen functional groups attached to an aromatic ring is 1. The molecule has 0 bridgehead atoms. The van der Waals surface area contributed by atoms with Crippen LogP contribution in [0.15, 0.2) is 18.2 Å². The molecule has 0 aliphatic carbocycles. The molecule has 1 aromatic rings. The second-order valence-corrected chi connectivity index (χ2v) is 5.56. The highest BCUT2D eigenvalue weighted by atomic mass is 16.5. The summed E-state index contributed by atoms with van der Waals surface area (Å²) in [7, 11) is 1.92. The summed E-state index contributed by atoms with van der Waals surface area (Å²) >= 11 is 0. The van der Waals surface area contributed by atoms with Gasteiger partial charge in [-0.25, -0.2) is 0 Å². The average molecular weight is 306 g/mol. The van der Waals surface area contributed by atoms with Crippen LogP contribution in [0, 0.1) is 0 Å². The summed E-state index contributed by atoms with van der Waals surface area (Å²) in [4.78, 5) is 12.4. The highest BCUT2D eigenvalue weighted by molar-refractivity contribution is 5.99. The number of likely N-dealkylation sites (N-methyl/N-ethyl adjacent to an activating group) is 1. The predicted octanol–water partition coefficient (Wildman–Crippen LogP) is 0.487. The maximum Gasteiger partial charge on any atom is 0.253 e. The monoisotopic (exact) mass is 306 g/mol. The Hall–Kier alpha value is -1.63. The van der Waals surface area contributed by atoms with Crippen molar-refractivity contribution in [2.45, 2.75) is 25.4 Å². The molecular weight excluding hydrogens is 280 g/mol. The molecule has 1 saturated heterocycles.